The summed E-state index contributed by atoms with van der Waals surface area (Å²) in [6.45, 7) is 1.72. The third-order valence-electron chi connectivity index (χ3n) is 2.67. The molecule has 0 bridgehead atoms. The lowest BCUT2D eigenvalue weighted by molar-refractivity contribution is 0.0722. The lowest BCUT2D eigenvalue weighted by Crippen LogP contribution is -2.48. The van der Waals surface area contributed by atoms with Crippen molar-refractivity contribution in [3.8, 4) is 0 Å². The lowest BCUT2D eigenvalue weighted by Gasteiger charge is -2.36. The molecule has 0 saturated carbocycles. The molecule has 2 rings (SSSR count). The zero-order valence-electron chi connectivity index (χ0n) is 9.24. The van der Waals surface area contributed by atoms with Gasteiger partial charge >= 0.3 is 0 Å². The third-order valence-corrected chi connectivity index (χ3v) is 2.89. The van der Waals surface area contributed by atoms with E-state index in [2.05, 4.69) is 9.97 Å². The molecule has 1 fully saturated rings. The Labute approximate surface area is 104 Å². The quantitative estimate of drug-likeness (QED) is 0.690. The number of hydrogen-bond acceptors (Lipinski definition) is 6. The number of nitrogens with two attached hydrogens (primary N) is 1. The van der Waals surface area contributed by atoms with E-state index in [1.54, 1.807) is 6.20 Å². The van der Waals surface area contributed by atoms with Crippen LogP contribution >= 0.6 is 12.2 Å². The van der Waals surface area contributed by atoms with Crippen molar-refractivity contribution < 1.29 is 9.84 Å². The van der Waals surface area contributed by atoms with Gasteiger partial charge in [0.2, 0.25) is 0 Å². The summed E-state index contributed by atoms with van der Waals surface area (Å²) in [5, 5.41) is 9.32. The summed E-state index contributed by atoms with van der Waals surface area (Å²) in [5.74, 6) is 0.662. The summed E-state index contributed by atoms with van der Waals surface area (Å²) in [6.07, 6.45) is 3.04. The Balaban J connectivity index is 2.34. The van der Waals surface area contributed by atoms with Gasteiger partial charge < -0.3 is 20.5 Å². The Hall–Kier alpha value is -1.31. The first-order valence-electron chi connectivity index (χ1n) is 5.29. The zero-order valence-corrected chi connectivity index (χ0v) is 10.1. The van der Waals surface area contributed by atoms with Crippen LogP contribution in [-0.4, -0.2) is 52.5 Å². The van der Waals surface area contributed by atoms with Crippen LogP contribution in [0.2, 0.25) is 0 Å². The second kappa shape index (κ2) is 5.35. The molecule has 17 heavy (non-hydrogen) atoms. The van der Waals surface area contributed by atoms with Crippen LogP contribution in [-0.2, 0) is 4.74 Å². The van der Waals surface area contributed by atoms with E-state index in [1.165, 1.54) is 6.33 Å². The smallest absolute Gasteiger partial charge is 0.142 e. The first-order chi connectivity index (χ1) is 8.24. The second-order valence-electron chi connectivity index (χ2n) is 3.73. The highest BCUT2D eigenvalue weighted by molar-refractivity contribution is 7.80. The molecule has 1 aliphatic heterocycles. The van der Waals surface area contributed by atoms with Crippen molar-refractivity contribution in [3.05, 3.63) is 18.1 Å². The molecule has 0 spiro atoms. The van der Waals surface area contributed by atoms with Gasteiger partial charge in [0, 0.05) is 12.7 Å². The molecule has 0 aromatic carbocycles. The average molecular weight is 254 g/mol. The zero-order chi connectivity index (χ0) is 12.3. The van der Waals surface area contributed by atoms with Gasteiger partial charge in [-0.05, 0) is 0 Å². The minimum Gasteiger partial charge on any atom is -0.394 e. The summed E-state index contributed by atoms with van der Waals surface area (Å²) >= 11 is 4.97. The fourth-order valence-electron chi connectivity index (χ4n) is 1.81. The Bertz CT molecular complexity index is 415. The SMILES string of the molecule is NC(=S)c1cncnc1N1CCOCC1CO. The van der Waals surface area contributed by atoms with Crippen LogP contribution < -0.4 is 10.6 Å². The maximum atomic E-state index is 9.32. The average Bonchev–Trinajstić information content (AvgIpc) is 2.38. The monoisotopic (exact) mass is 254 g/mol. The van der Waals surface area contributed by atoms with Crippen LogP contribution in [0.4, 0.5) is 5.82 Å². The molecular formula is C10H14N4O2S. The van der Waals surface area contributed by atoms with E-state index in [4.69, 9.17) is 22.7 Å². The van der Waals surface area contributed by atoms with Gasteiger partial charge in [0.15, 0.2) is 0 Å². The number of aromatic nitrogens is 2. The molecule has 1 saturated heterocycles. The molecular weight excluding hydrogens is 240 g/mol. The van der Waals surface area contributed by atoms with Crippen LogP contribution in [0.25, 0.3) is 0 Å². The van der Waals surface area contributed by atoms with Gasteiger partial charge in [-0.25, -0.2) is 9.97 Å². The van der Waals surface area contributed by atoms with Gasteiger partial charge in [-0.1, -0.05) is 12.2 Å². The number of thiocarbonyl (C=S) groups is 1. The van der Waals surface area contributed by atoms with Crippen LogP contribution in [0.15, 0.2) is 12.5 Å². The highest BCUT2D eigenvalue weighted by Gasteiger charge is 2.26. The van der Waals surface area contributed by atoms with Crippen molar-refractivity contribution >= 4 is 23.0 Å². The standard InChI is InChI=1S/C10H14N4O2S/c11-9(17)8-3-12-6-13-10(8)14-1-2-16-5-7(14)4-15/h3,6-7,15H,1-2,4-5H2,(H2,11,17). The molecule has 92 valence electrons. The first-order valence-corrected chi connectivity index (χ1v) is 5.70. The minimum absolute atomic E-state index is 0.000770. The summed E-state index contributed by atoms with van der Waals surface area (Å²) < 4.78 is 5.32. The van der Waals surface area contributed by atoms with Crippen molar-refractivity contribution in [2.24, 2.45) is 5.73 Å². The Morgan fingerprint density at radius 2 is 2.53 bits per heavy atom. The highest BCUT2D eigenvalue weighted by atomic mass is 32.1. The lowest BCUT2D eigenvalue weighted by atomic mass is 10.2. The number of rotatable bonds is 3. The molecule has 1 aromatic heterocycles. The molecule has 0 aliphatic carbocycles. The summed E-state index contributed by atoms with van der Waals surface area (Å²) in [4.78, 5) is 10.3. The fourth-order valence-corrected chi connectivity index (χ4v) is 1.95. The maximum absolute atomic E-state index is 9.32. The number of hydrogen-bond donors (Lipinski definition) is 2. The molecule has 6 nitrogen and oxygen atoms in total. The summed E-state index contributed by atoms with van der Waals surface area (Å²) in [6, 6.07) is -0.119. The van der Waals surface area contributed by atoms with Gasteiger partial charge in [-0.15, -0.1) is 0 Å². The number of ether oxygens (including phenoxy) is 1. The normalized spacial score (nSPS) is 20.3. The van der Waals surface area contributed by atoms with Crippen molar-refractivity contribution in [1.82, 2.24) is 9.97 Å². The van der Waals surface area contributed by atoms with E-state index in [-0.39, 0.29) is 17.6 Å². The number of aliphatic hydroxyl groups excluding tert-OH is 1. The summed E-state index contributed by atoms with van der Waals surface area (Å²) in [7, 11) is 0. The predicted molar refractivity (Wildman–Crippen MR) is 67.0 cm³/mol. The molecule has 2 heterocycles. The first kappa shape index (κ1) is 12.2. The Morgan fingerprint density at radius 3 is 3.24 bits per heavy atom. The second-order valence-corrected chi connectivity index (χ2v) is 4.17. The van der Waals surface area contributed by atoms with Crippen LogP contribution in [0.5, 0.6) is 0 Å². The van der Waals surface area contributed by atoms with Crippen molar-refractivity contribution in [2.45, 2.75) is 6.04 Å². The molecule has 7 heteroatoms. The minimum atomic E-state index is -0.119. The van der Waals surface area contributed by atoms with Crippen molar-refractivity contribution in [1.29, 1.82) is 0 Å². The van der Waals surface area contributed by atoms with Crippen LogP contribution in [0.1, 0.15) is 5.56 Å². The number of nitrogens with zero attached hydrogens (tertiary/aromatic N) is 3. The van der Waals surface area contributed by atoms with Crippen molar-refractivity contribution in [2.75, 3.05) is 31.3 Å². The number of aliphatic hydroxyl groups is 1. The van der Waals surface area contributed by atoms with E-state index < -0.39 is 0 Å². The fraction of sp³-hybridized carbons (Fsp3) is 0.500. The van der Waals surface area contributed by atoms with Crippen molar-refractivity contribution in [3.63, 3.8) is 0 Å². The number of anilines is 1. The number of morpholine rings is 1. The van der Waals surface area contributed by atoms with Gasteiger partial charge in [0.1, 0.15) is 17.1 Å². The van der Waals surface area contributed by atoms with Gasteiger partial charge in [0.05, 0.1) is 31.4 Å². The Morgan fingerprint density at radius 1 is 1.71 bits per heavy atom. The maximum Gasteiger partial charge on any atom is 0.142 e. The third kappa shape index (κ3) is 2.51. The molecule has 3 N–H and O–H groups in total. The van der Waals surface area contributed by atoms with Gasteiger partial charge in [-0.3, -0.25) is 0 Å². The van der Waals surface area contributed by atoms with E-state index in [0.29, 0.717) is 31.1 Å². The van der Waals surface area contributed by atoms with E-state index >= 15 is 0 Å². The highest BCUT2D eigenvalue weighted by Crippen LogP contribution is 2.20. The molecule has 0 amide bonds. The van der Waals surface area contributed by atoms with E-state index in [1.807, 2.05) is 4.90 Å². The van der Waals surface area contributed by atoms with Gasteiger partial charge in [0.25, 0.3) is 0 Å². The predicted octanol–water partition coefficient (Wildman–Crippen LogP) is -0.692. The molecule has 1 aromatic rings. The van der Waals surface area contributed by atoms with Crippen LogP contribution in [0, 0.1) is 0 Å². The molecule has 1 atom stereocenters. The molecule has 0 radical (unpaired) electrons. The van der Waals surface area contributed by atoms with Gasteiger partial charge in [-0.2, -0.15) is 0 Å². The Kier molecular flexibility index (Phi) is 3.82. The van der Waals surface area contributed by atoms with E-state index in [9.17, 15) is 5.11 Å². The molecule has 1 unspecified atom stereocenters. The summed E-state index contributed by atoms with van der Waals surface area (Å²) in [5.41, 5.74) is 6.27. The van der Waals surface area contributed by atoms with E-state index in [0.717, 1.165) is 0 Å². The largest absolute Gasteiger partial charge is 0.394 e. The topological polar surface area (TPSA) is 84.5 Å². The molecule has 1 aliphatic rings. The van der Waals surface area contributed by atoms with Crippen LogP contribution in [0.3, 0.4) is 0 Å².